The second-order valence-corrected chi connectivity index (χ2v) is 23.5. The first-order valence-electron chi connectivity index (χ1n) is 28.7. The van der Waals surface area contributed by atoms with Crippen molar-refractivity contribution in [1.82, 2.24) is 0 Å². The second kappa shape index (κ2) is 29.5. The Balaban J connectivity index is 1.04. The van der Waals surface area contributed by atoms with Crippen molar-refractivity contribution in [3.8, 4) is 0 Å². The van der Waals surface area contributed by atoms with Gasteiger partial charge in [0.15, 0.2) is 31.1 Å². The third kappa shape index (κ3) is 16.8. The lowest BCUT2D eigenvalue weighted by atomic mass is 9.72. The number of allylic oxidation sites excluding steroid dienone is 2. The van der Waals surface area contributed by atoms with Gasteiger partial charge in [-0.3, -0.25) is 9.59 Å². The maximum atomic E-state index is 12.8. The Hall–Kier alpha value is -3.48. The van der Waals surface area contributed by atoms with E-state index >= 15 is 0 Å². The summed E-state index contributed by atoms with van der Waals surface area (Å²) in [4.78, 5) is 48.9. The van der Waals surface area contributed by atoms with Crippen molar-refractivity contribution >= 4 is 23.9 Å². The summed E-state index contributed by atoms with van der Waals surface area (Å²) in [5.41, 5.74) is 0. The molecule has 472 valence electrons. The second-order valence-electron chi connectivity index (χ2n) is 23.5. The molecule has 4 heterocycles. The zero-order valence-corrected chi connectivity index (χ0v) is 45.5. The summed E-state index contributed by atoms with van der Waals surface area (Å²) in [5, 5.41) is 163. The van der Waals surface area contributed by atoms with Gasteiger partial charge in [0.25, 0.3) is 0 Å². The molecule has 0 amide bonds. The van der Waals surface area contributed by atoms with Crippen molar-refractivity contribution in [3.63, 3.8) is 0 Å². The van der Waals surface area contributed by atoms with Gasteiger partial charge in [-0.15, -0.1) is 0 Å². The number of aliphatic hydroxyl groups excluding tert-OH is 14. The van der Waals surface area contributed by atoms with E-state index in [0.29, 0.717) is 51.4 Å². The Morgan fingerprint density at radius 2 is 0.855 bits per heavy atom. The number of fused-ring (bicyclic) bond motifs is 1. The van der Waals surface area contributed by atoms with Crippen molar-refractivity contribution in [2.24, 2.45) is 23.7 Å². The predicted octanol–water partition coefficient (Wildman–Crippen LogP) is -5.54. The number of carbonyl (C=O) groups excluding carboxylic acids is 3. The lowest BCUT2D eigenvalue weighted by molar-refractivity contribution is -0.365. The van der Waals surface area contributed by atoms with Crippen LogP contribution in [0.5, 0.6) is 0 Å². The minimum atomic E-state index is -2.02. The number of carboxylic acid groups (broad SMARTS) is 1. The van der Waals surface area contributed by atoms with Gasteiger partial charge in [-0.2, -0.15) is 0 Å². The zero-order chi connectivity index (χ0) is 60.0. The van der Waals surface area contributed by atoms with Crippen molar-refractivity contribution in [1.29, 1.82) is 0 Å². The van der Waals surface area contributed by atoms with Crippen LogP contribution < -0.4 is 0 Å². The van der Waals surface area contributed by atoms with E-state index in [1.54, 1.807) is 12.2 Å². The van der Waals surface area contributed by atoms with Crippen LogP contribution in [-0.4, -0.2) is 278 Å². The van der Waals surface area contributed by atoms with Gasteiger partial charge in [0, 0.05) is 30.9 Å². The van der Waals surface area contributed by atoms with Gasteiger partial charge in [-0.1, -0.05) is 12.2 Å². The highest BCUT2D eigenvalue weighted by molar-refractivity contribution is 5.90. The maximum absolute atomic E-state index is 12.8. The largest absolute Gasteiger partial charge is 0.481 e. The normalized spacial score (nSPS) is 46.2. The summed E-state index contributed by atoms with van der Waals surface area (Å²) in [5.74, 6) is -6.01. The average Bonchev–Trinajstić information content (AvgIpc) is 3.61. The molecule has 16 N–H and O–H groups in total. The minimum Gasteiger partial charge on any atom is -0.481 e. The van der Waals surface area contributed by atoms with Crippen LogP contribution >= 0.6 is 0 Å². The molecule has 8 unspecified atom stereocenters. The molecular weight excluding hydrogens is 1110 g/mol. The molecule has 8 fully saturated rings. The fraction of sp³-hybridized carbons (Fsp3) is 0.852. The summed E-state index contributed by atoms with van der Waals surface area (Å²) < 4.78 is 57.4. The van der Waals surface area contributed by atoms with Crippen LogP contribution in [0.15, 0.2) is 24.3 Å². The SMILES string of the molecule is O=C(O)CC(=O)OC[C@H]1O[C@@H](OC2CC3C(O)CC(O)CC3[OH+]C2C2CC(O[C@@H]3O[C@H](COC(=O)C=CC4CCC(O)CC4)[C@@H](O)[C@H](O)[C@H]3O)C(O)C(O[C@@H]3O[C@H](COC(=O)C=CC4CCC(O)CC4)[C@@H](O)[C@H](O)[C@H]3O)C2)[C@H](O)[C@@H](O)[C@@H]1O. The molecule has 8 aliphatic rings. The van der Waals surface area contributed by atoms with E-state index in [2.05, 4.69) is 0 Å². The van der Waals surface area contributed by atoms with E-state index < -0.39 is 215 Å². The molecule has 4 saturated carbocycles. The zero-order valence-electron chi connectivity index (χ0n) is 45.5. The van der Waals surface area contributed by atoms with E-state index in [1.807, 2.05) is 0 Å². The fourth-order valence-electron chi connectivity index (χ4n) is 12.6. The summed E-state index contributed by atoms with van der Waals surface area (Å²) >= 11 is 0. The third-order valence-corrected chi connectivity index (χ3v) is 17.5. The lowest BCUT2D eigenvalue weighted by Gasteiger charge is -2.50. The molecule has 4 aliphatic heterocycles. The molecule has 83 heavy (non-hydrogen) atoms. The lowest BCUT2D eigenvalue weighted by Crippen LogP contribution is -2.65. The summed E-state index contributed by atoms with van der Waals surface area (Å²) in [6, 6.07) is 0. The van der Waals surface area contributed by atoms with E-state index in [4.69, 9.17) is 52.5 Å². The quantitative estimate of drug-likeness (QED) is 0.0189. The number of esters is 3. The molecule has 0 radical (unpaired) electrons. The van der Waals surface area contributed by atoms with Crippen molar-refractivity contribution in [2.75, 3.05) is 19.8 Å². The van der Waals surface area contributed by atoms with Gasteiger partial charge in [0.2, 0.25) is 0 Å². The van der Waals surface area contributed by atoms with E-state index in [0.717, 1.165) is 0 Å². The van der Waals surface area contributed by atoms with E-state index in [9.17, 15) is 90.7 Å². The summed E-state index contributed by atoms with van der Waals surface area (Å²) in [7, 11) is 0. The van der Waals surface area contributed by atoms with Crippen LogP contribution in [0, 0.1) is 23.7 Å². The van der Waals surface area contributed by atoms with Crippen molar-refractivity contribution in [2.45, 2.75) is 243 Å². The molecule has 0 aromatic heterocycles. The number of hydrogen-bond donors (Lipinski definition) is 15. The van der Waals surface area contributed by atoms with Crippen LogP contribution in [0.1, 0.15) is 89.9 Å². The predicted molar refractivity (Wildman–Crippen MR) is 272 cm³/mol. The highest BCUT2D eigenvalue weighted by atomic mass is 16.7. The first-order valence-corrected chi connectivity index (χ1v) is 28.7. The molecule has 4 saturated heterocycles. The van der Waals surface area contributed by atoms with E-state index in [1.165, 1.54) is 12.2 Å². The number of aliphatic hydroxyl groups is 16. The van der Waals surface area contributed by atoms with Crippen LogP contribution in [0.3, 0.4) is 0 Å². The molecule has 29 heteroatoms. The van der Waals surface area contributed by atoms with Gasteiger partial charge in [0.1, 0.15) is 112 Å². The highest BCUT2D eigenvalue weighted by Gasteiger charge is 2.58. The minimum absolute atomic E-state index is 0.00574. The summed E-state index contributed by atoms with van der Waals surface area (Å²) in [6.45, 7) is -2.11. The molecule has 0 aromatic rings. The molecule has 4 aliphatic carbocycles. The van der Waals surface area contributed by atoms with Crippen LogP contribution in [-0.2, 0) is 61.8 Å². The standard InChI is InChI=1S/C54H82O29/c55-25-7-1-22(2-8-25)5-11-38(61)74-19-34-42(65)45(68)48(71)52(81-34)78-31-13-24(14-32(41(31)64)79-53-49(72)46(69)43(66)35(82-53)20-75-39(62)12-6-23-3-9-26(56)10-4-23)51-33(17-28-29(58)15-27(57)16-30(28)77-51)80-54-50(73)47(70)44(67)36(83-54)21-76-40(63)18-37(59)60/h5-6,11-12,22-36,41-58,64-73H,1-4,7-10,13-21H2,(H,59,60)/p+1/t22?,23?,24?,25?,26?,27?,28?,29?,30?,31?,32?,33?,34-,35-,36-,41?,42-,43-,44-,45+,46+,47+,48-,49-,50-,51?,52-,53-,54-/m1/s1. The topological polar surface area (TPSA) is 468 Å². The Morgan fingerprint density at radius 3 is 1.28 bits per heavy atom. The van der Waals surface area contributed by atoms with E-state index in [-0.39, 0.29) is 43.9 Å². The smallest absolute Gasteiger partial charge is 0.330 e. The van der Waals surface area contributed by atoms with Gasteiger partial charge in [-0.25, -0.2) is 9.59 Å². The molecule has 23 atom stereocenters. The number of aliphatic carboxylic acids is 1. The van der Waals surface area contributed by atoms with Gasteiger partial charge in [-0.05, 0) is 82.5 Å². The van der Waals surface area contributed by atoms with Crippen LogP contribution in [0.2, 0.25) is 0 Å². The first kappa shape index (κ1) is 65.5. The number of ether oxygens (including phenoxy) is 10. The Morgan fingerprint density at radius 1 is 0.446 bits per heavy atom. The maximum Gasteiger partial charge on any atom is 0.330 e. The van der Waals surface area contributed by atoms with Crippen LogP contribution in [0.25, 0.3) is 0 Å². The van der Waals surface area contributed by atoms with Crippen molar-refractivity contribution < 1.29 is 143 Å². The Bertz CT molecular complexity index is 2080. The first-order chi connectivity index (χ1) is 39.4. The van der Waals surface area contributed by atoms with Gasteiger partial charge >= 0.3 is 23.9 Å². The molecule has 29 nitrogen and oxygen atoms in total. The van der Waals surface area contributed by atoms with Crippen LogP contribution in [0.4, 0.5) is 0 Å². The van der Waals surface area contributed by atoms with Gasteiger partial charge in [0.05, 0.1) is 42.5 Å². The highest BCUT2D eigenvalue weighted by Crippen LogP contribution is 2.44. The number of rotatable bonds is 19. The number of carbonyl (C=O) groups is 4. The van der Waals surface area contributed by atoms with Crippen molar-refractivity contribution in [3.05, 3.63) is 24.3 Å². The number of carboxylic acids is 1. The fourth-order valence-corrected chi connectivity index (χ4v) is 12.6. The Kier molecular flexibility index (Phi) is 23.3. The monoisotopic (exact) mass is 1200 g/mol. The Labute approximate surface area is 476 Å². The third-order valence-electron chi connectivity index (χ3n) is 17.5. The molecule has 0 spiro atoms. The average molecular weight is 1200 g/mol. The summed E-state index contributed by atoms with van der Waals surface area (Å²) in [6.07, 6.45) is -30.1. The molecule has 0 bridgehead atoms. The molecular formula is C54H83O29+. The van der Waals surface area contributed by atoms with Gasteiger partial charge < -0.3 is 124 Å². The molecule has 0 aromatic carbocycles. The number of hydrogen-bond acceptors (Lipinski definition) is 27. The molecule has 8 rings (SSSR count).